The van der Waals surface area contributed by atoms with Crippen molar-refractivity contribution in [3.05, 3.63) is 113 Å². The fourth-order valence-electron chi connectivity index (χ4n) is 4.58. The lowest BCUT2D eigenvalue weighted by molar-refractivity contribution is -0.116. The van der Waals surface area contributed by atoms with Gasteiger partial charge in [-0.2, -0.15) is 0 Å². The number of carbonyl (C=O) groups excluding carboxylic acids is 3. The molecule has 0 aliphatic rings. The van der Waals surface area contributed by atoms with E-state index in [1.54, 1.807) is 72.8 Å². The molecule has 0 aliphatic carbocycles. The van der Waals surface area contributed by atoms with E-state index in [1.807, 2.05) is 13.0 Å². The second-order valence-electron chi connectivity index (χ2n) is 10.2. The number of amides is 3. The standard InChI is InChI=1S/C36H35N3O8S/c1-5-31(35(42)38-25-14-9-13-24(20-25)36(43)44)48-27-16-10-15-26(21-27)37-34(41)28(39-33(40)23-11-7-6-8-12-23)17-22-18-29(45-2)32(47-4)30(19-22)46-3/h6-21,31H,5H2,1-4H3,(H,37,41)(H,38,42)(H,39,40)(H,43,44)/b28-17+. The van der Waals surface area contributed by atoms with Gasteiger partial charge in [0.05, 0.1) is 32.1 Å². The van der Waals surface area contributed by atoms with E-state index < -0.39 is 23.0 Å². The molecule has 0 saturated carbocycles. The molecule has 4 N–H and O–H groups in total. The molecular weight excluding hydrogens is 634 g/mol. The first kappa shape index (κ1) is 35.1. The summed E-state index contributed by atoms with van der Waals surface area (Å²) in [6, 6.07) is 24.8. The van der Waals surface area contributed by atoms with Crippen LogP contribution in [0, 0.1) is 0 Å². The zero-order valence-corrected chi connectivity index (χ0v) is 27.6. The van der Waals surface area contributed by atoms with Gasteiger partial charge < -0.3 is 35.3 Å². The lowest BCUT2D eigenvalue weighted by Gasteiger charge is -2.16. The van der Waals surface area contributed by atoms with Crippen molar-refractivity contribution in [2.24, 2.45) is 0 Å². The first-order valence-electron chi connectivity index (χ1n) is 14.8. The monoisotopic (exact) mass is 669 g/mol. The van der Waals surface area contributed by atoms with Gasteiger partial charge in [-0.1, -0.05) is 37.3 Å². The molecule has 11 nitrogen and oxygen atoms in total. The van der Waals surface area contributed by atoms with E-state index >= 15 is 0 Å². The van der Waals surface area contributed by atoms with Crippen LogP contribution in [0.5, 0.6) is 17.2 Å². The largest absolute Gasteiger partial charge is 0.493 e. The molecule has 0 radical (unpaired) electrons. The average Bonchev–Trinajstić information content (AvgIpc) is 3.10. The zero-order valence-electron chi connectivity index (χ0n) is 26.7. The number of hydrogen-bond donors (Lipinski definition) is 4. The summed E-state index contributed by atoms with van der Waals surface area (Å²) in [6.07, 6.45) is 1.98. The van der Waals surface area contributed by atoms with Crippen molar-refractivity contribution in [1.82, 2.24) is 5.32 Å². The summed E-state index contributed by atoms with van der Waals surface area (Å²) in [5.41, 5.74) is 1.68. The minimum absolute atomic E-state index is 0.0504. The van der Waals surface area contributed by atoms with Crippen molar-refractivity contribution in [1.29, 1.82) is 0 Å². The zero-order chi connectivity index (χ0) is 34.6. The number of anilines is 2. The Balaban J connectivity index is 1.57. The normalized spacial score (nSPS) is 11.5. The van der Waals surface area contributed by atoms with Crippen LogP contribution in [0.2, 0.25) is 0 Å². The molecule has 4 aromatic rings. The molecule has 0 fully saturated rings. The molecule has 1 atom stereocenters. The number of carboxylic acid groups (broad SMARTS) is 1. The first-order chi connectivity index (χ1) is 23.1. The average molecular weight is 670 g/mol. The number of benzene rings is 4. The second-order valence-corrected chi connectivity index (χ2v) is 11.5. The predicted molar refractivity (Wildman–Crippen MR) is 185 cm³/mol. The van der Waals surface area contributed by atoms with Gasteiger partial charge in [0.2, 0.25) is 11.7 Å². The van der Waals surface area contributed by atoms with Crippen LogP contribution in [0.25, 0.3) is 6.08 Å². The molecule has 4 rings (SSSR count). The summed E-state index contributed by atoms with van der Waals surface area (Å²) in [5, 5.41) is 17.1. The quantitative estimate of drug-likeness (QED) is 0.0892. The third-order valence-corrected chi connectivity index (χ3v) is 8.30. The van der Waals surface area contributed by atoms with Gasteiger partial charge in [0.15, 0.2) is 11.5 Å². The third-order valence-electron chi connectivity index (χ3n) is 6.94. The summed E-state index contributed by atoms with van der Waals surface area (Å²) in [6.45, 7) is 1.87. The van der Waals surface area contributed by atoms with Crippen molar-refractivity contribution in [2.45, 2.75) is 23.5 Å². The van der Waals surface area contributed by atoms with Crippen LogP contribution >= 0.6 is 11.8 Å². The Morgan fingerprint density at radius 3 is 2.00 bits per heavy atom. The molecule has 12 heteroatoms. The SMILES string of the molecule is CCC(Sc1cccc(NC(=O)/C(=C\c2cc(OC)c(OC)c(OC)c2)NC(=O)c2ccccc2)c1)C(=O)Nc1cccc(C(=O)O)c1. The van der Waals surface area contributed by atoms with Crippen molar-refractivity contribution in [3.8, 4) is 17.2 Å². The van der Waals surface area contributed by atoms with E-state index in [0.717, 1.165) is 0 Å². The number of ether oxygens (including phenoxy) is 3. The molecule has 0 saturated heterocycles. The number of nitrogens with one attached hydrogen (secondary N) is 3. The Morgan fingerprint density at radius 2 is 1.40 bits per heavy atom. The predicted octanol–water partition coefficient (Wildman–Crippen LogP) is 6.33. The molecule has 3 amide bonds. The molecule has 248 valence electrons. The lowest BCUT2D eigenvalue weighted by Crippen LogP contribution is -2.30. The van der Waals surface area contributed by atoms with Crippen LogP contribution in [0.3, 0.4) is 0 Å². The van der Waals surface area contributed by atoms with Crippen LogP contribution in [0.4, 0.5) is 11.4 Å². The van der Waals surface area contributed by atoms with E-state index in [4.69, 9.17) is 14.2 Å². The Hall–Kier alpha value is -5.75. The number of carboxylic acids is 1. The number of hydrogen-bond acceptors (Lipinski definition) is 8. The molecule has 0 bridgehead atoms. The van der Waals surface area contributed by atoms with Crippen LogP contribution in [0.1, 0.15) is 39.6 Å². The lowest BCUT2D eigenvalue weighted by atomic mass is 10.1. The van der Waals surface area contributed by atoms with E-state index in [1.165, 1.54) is 51.3 Å². The number of thioether (sulfide) groups is 1. The van der Waals surface area contributed by atoms with Crippen molar-refractivity contribution in [2.75, 3.05) is 32.0 Å². The number of carbonyl (C=O) groups is 4. The summed E-state index contributed by atoms with van der Waals surface area (Å²) in [4.78, 5) is 51.9. The highest BCUT2D eigenvalue weighted by atomic mass is 32.2. The maximum Gasteiger partial charge on any atom is 0.335 e. The Labute approximate surface area is 282 Å². The minimum atomic E-state index is -1.09. The van der Waals surface area contributed by atoms with E-state index in [9.17, 15) is 24.3 Å². The molecule has 48 heavy (non-hydrogen) atoms. The number of methoxy groups -OCH3 is 3. The van der Waals surface area contributed by atoms with Crippen LogP contribution in [-0.4, -0.2) is 55.4 Å². The summed E-state index contributed by atoms with van der Waals surface area (Å²) in [5.74, 6) is -1.36. The molecule has 0 aliphatic heterocycles. The van der Waals surface area contributed by atoms with Crippen LogP contribution < -0.4 is 30.2 Å². The van der Waals surface area contributed by atoms with Crippen LogP contribution in [-0.2, 0) is 9.59 Å². The first-order valence-corrected chi connectivity index (χ1v) is 15.6. The molecule has 0 spiro atoms. The third kappa shape index (κ3) is 9.17. The number of aromatic carboxylic acids is 1. The summed E-state index contributed by atoms with van der Waals surface area (Å²) in [7, 11) is 4.44. The van der Waals surface area contributed by atoms with Crippen molar-refractivity contribution < 1.29 is 38.5 Å². The minimum Gasteiger partial charge on any atom is -0.493 e. The van der Waals surface area contributed by atoms with Gasteiger partial charge in [-0.05, 0) is 78.7 Å². The molecule has 0 heterocycles. The van der Waals surface area contributed by atoms with Crippen LogP contribution in [0.15, 0.2) is 102 Å². The molecule has 0 aromatic heterocycles. The fourth-order valence-corrected chi connectivity index (χ4v) is 5.59. The van der Waals surface area contributed by atoms with Crippen molar-refractivity contribution >= 4 is 52.9 Å². The van der Waals surface area contributed by atoms with Gasteiger partial charge in [0.1, 0.15) is 5.70 Å². The van der Waals surface area contributed by atoms with Crippen molar-refractivity contribution in [3.63, 3.8) is 0 Å². The van der Waals surface area contributed by atoms with E-state index in [0.29, 0.717) is 51.1 Å². The van der Waals surface area contributed by atoms with Gasteiger partial charge in [-0.3, -0.25) is 14.4 Å². The highest BCUT2D eigenvalue weighted by molar-refractivity contribution is 8.00. The maximum absolute atomic E-state index is 13.7. The van der Waals surface area contributed by atoms with Gasteiger partial charge in [-0.15, -0.1) is 11.8 Å². The van der Waals surface area contributed by atoms with Gasteiger partial charge in [-0.25, -0.2) is 4.79 Å². The maximum atomic E-state index is 13.7. The highest BCUT2D eigenvalue weighted by Crippen LogP contribution is 2.38. The highest BCUT2D eigenvalue weighted by Gasteiger charge is 2.21. The Bertz CT molecular complexity index is 1800. The fraction of sp³-hybridized carbons (Fsp3) is 0.167. The van der Waals surface area contributed by atoms with Gasteiger partial charge in [0.25, 0.3) is 11.8 Å². The summed E-state index contributed by atoms with van der Waals surface area (Å²) < 4.78 is 16.3. The van der Waals surface area contributed by atoms with Gasteiger partial charge in [0, 0.05) is 21.8 Å². The van der Waals surface area contributed by atoms with E-state index in [2.05, 4.69) is 16.0 Å². The van der Waals surface area contributed by atoms with Gasteiger partial charge >= 0.3 is 5.97 Å². The Morgan fingerprint density at radius 1 is 0.771 bits per heavy atom. The second kappa shape index (κ2) is 16.7. The molecule has 4 aromatic carbocycles. The molecular formula is C36H35N3O8S. The smallest absolute Gasteiger partial charge is 0.335 e. The topological polar surface area (TPSA) is 152 Å². The molecule has 1 unspecified atom stereocenters. The Kier molecular flexibility index (Phi) is 12.2. The van der Waals surface area contributed by atoms with E-state index in [-0.39, 0.29) is 17.2 Å². The summed E-state index contributed by atoms with van der Waals surface area (Å²) >= 11 is 1.29. The number of rotatable bonds is 14.